The van der Waals surface area contributed by atoms with Gasteiger partial charge in [0, 0.05) is 61.3 Å². The summed E-state index contributed by atoms with van der Waals surface area (Å²) in [6.07, 6.45) is 0. The predicted molar refractivity (Wildman–Crippen MR) is 289 cm³/mol. The number of hydrogen-bond donors (Lipinski definition) is 0. The zero-order valence-corrected chi connectivity index (χ0v) is 39.9. The van der Waals surface area contributed by atoms with E-state index in [-0.39, 0.29) is 7.43 Å². The molecule has 9 aromatic carbocycles. The van der Waals surface area contributed by atoms with E-state index in [1.807, 2.05) is 116 Å². The largest absolute Gasteiger partial charge is 0.497 e. The van der Waals surface area contributed by atoms with Crippen LogP contribution in [0.15, 0.2) is 218 Å². The van der Waals surface area contributed by atoms with E-state index in [4.69, 9.17) is 44.3 Å². The second-order valence-corrected chi connectivity index (χ2v) is 17.0. The zero-order valence-electron chi connectivity index (χ0n) is 37.6. The van der Waals surface area contributed by atoms with Gasteiger partial charge in [0.1, 0.15) is 11.5 Å². The molecule has 0 aliphatic heterocycles. The molecule has 0 N–H and O–H groups in total. The lowest BCUT2D eigenvalue weighted by atomic mass is 10.0. The van der Waals surface area contributed by atoms with Crippen LogP contribution in [0.5, 0.6) is 11.5 Å². The van der Waals surface area contributed by atoms with E-state index in [1.165, 1.54) is 38.9 Å². The van der Waals surface area contributed by atoms with E-state index >= 15 is 0 Å². The minimum Gasteiger partial charge on any atom is -0.497 e. The number of methoxy groups -OCH3 is 2. The maximum atomic E-state index is 6.02. The highest BCUT2D eigenvalue weighted by Crippen LogP contribution is 2.39. The maximum absolute atomic E-state index is 6.02. The number of hydrogen-bond acceptors (Lipinski definition) is 4. The summed E-state index contributed by atoms with van der Waals surface area (Å²) >= 11 is 17.7. The summed E-state index contributed by atoms with van der Waals surface area (Å²) < 4.78 is 10.9. The van der Waals surface area contributed by atoms with Crippen molar-refractivity contribution in [3.8, 4) is 33.8 Å². The molecule has 0 unspecified atom stereocenters. The van der Waals surface area contributed by atoms with Gasteiger partial charge in [0.2, 0.25) is 0 Å². The normalized spacial score (nSPS) is 10.3. The van der Waals surface area contributed by atoms with E-state index in [2.05, 4.69) is 133 Å². The fourth-order valence-electron chi connectivity index (χ4n) is 7.43. The molecule has 0 aromatic heterocycles. The van der Waals surface area contributed by atoms with Crippen LogP contribution in [0.3, 0.4) is 0 Å². The van der Waals surface area contributed by atoms with Gasteiger partial charge in [0.25, 0.3) is 0 Å². The molecule has 0 radical (unpaired) electrons. The van der Waals surface area contributed by atoms with Gasteiger partial charge in [-0.25, -0.2) is 0 Å². The summed E-state index contributed by atoms with van der Waals surface area (Å²) in [6.45, 7) is 6.28. The van der Waals surface area contributed by atoms with Crippen molar-refractivity contribution in [1.29, 1.82) is 0 Å². The van der Waals surface area contributed by atoms with Crippen molar-refractivity contribution >= 4 is 68.9 Å². The molecule has 0 fully saturated rings. The SMILES string of the molecule is C.COc1cccc(N(c2ccc(-c3cccc(C)c3)cc2)c2ccc(-c3cccc(C)c3)cc2)c1.COc1cccc(N(c2ccc(Cl)cc2)c2ccc(Cl)cc2)c1.Cc1cccc(Cl)c1. The molecule has 4 nitrogen and oxygen atoms in total. The van der Waals surface area contributed by atoms with Crippen molar-refractivity contribution in [2.24, 2.45) is 0 Å². The van der Waals surface area contributed by atoms with Crippen molar-refractivity contribution < 1.29 is 9.47 Å². The molecule has 9 aromatic rings. The zero-order chi connectivity index (χ0) is 46.4. The molecule has 7 heteroatoms. The Morgan fingerprint density at radius 2 is 0.627 bits per heavy atom. The van der Waals surface area contributed by atoms with Crippen LogP contribution in [-0.4, -0.2) is 14.2 Å². The van der Waals surface area contributed by atoms with Gasteiger partial charge in [-0.1, -0.05) is 150 Å². The Hall–Kier alpha value is -6.95. The van der Waals surface area contributed by atoms with Crippen LogP contribution < -0.4 is 19.3 Å². The highest BCUT2D eigenvalue weighted by molar-refractivity contribution is 6.31. The summed E-state index contributed by atoms with van der Waals surface area (Å²) in [5, 5.41) is 2.22. The number of nitrogens with zero attached hydrogens (tertiary/aromatic N) is 2. The Morgan fingerprint density at radius 1 is 0.299 bits per heavy atom. The highest BCUT2D eigenvalue weighted by atomic mass is 35.5. The maximum Gasteiger partial charge on any atom is 0.120 e. The van der Waals surface area contributed by atoms with Crippen LogP contribution in [0.1, 0.15) is 24.1 Å². The number of benzene rings is 9. The van der Waals surface area contributed by atoms with E-state index < -0.39 is 0 Å². The molecule has 0 saturated heterocycles. The summed E-state index contributed by atoms with van der Waals surface area (Å²) in [5.74, 6) is 1.63. The standard InChI is InChI=1S/C33H29NO.C19H15Cl2NO.C7H7Cl.CH4/c1-24-7-4-9-28(21-24)26-13-17-30(18-14-26)34(32-11-6-12-33(23-32)35-3)31-19-15-27(16-20-31)29-10-5-8-25(2)22-29;1-23-19-4-2-3-18(13-19)22(16-9-5-14(20)6-10-16)17-11-7-15(21)8-12-17;1-6-3-2-4-7(8)5-6;/h4-23H,1-3H3;2-13H,1H3;2-5H,1H3;1H4. The van der Waals surface area contributed by atoms with E-state index in [9.17, 15) is 0 Å². The fourth-order valence-corrected chi connectivity index (χ4v) is 7.93. The van der Waals surface area contributed by atoms with Gasteiger partial charge < -0.3 is 19.3 Å². The molecule has 0 saturated carbocycles. The molecule has 0 heterocycles. The molecule has 0 aliphatic carbocycles. The second kappa shape index (κ2) is 24.0. The van der Waals surface area contributed by atoms with Crippen LogP contribution in [0.4, 0.5) is 34.1 Å². The summed E-state index contributed by atoms with van der Waals surface area (Å²) in [4.78, 5) is 4.39. The predicted octanol–water partition coefficient (Wildman–Crippen LogP) is 18.9. The van der Waals surface area contributed by atoms with Crippen LogP contribution in [0.25, 0.3) is 22.3 Å². The van der Waals surface area contributed by atoms with Gasteiger partial charge in [-0.2, -0.15) is 0 Å². The number of halogens is 3. The first kappa shape index (κ1) is 49.5. The third-order valence-electron chi connectivity index (χ3n) is 10.7. The average molecular weight is 942 g/mol. The first-order chi connectivity index (χ1) is 32.1. The molecule has 338 valence electrons. The van der Waals surface area contributed by atoms with Crippen LogP contribution in [0.2, 0.25) is 15.1 Å². The van der Waals surface area contributed by atoms with Gasteiger partial charge in [0.05, 0.1) is 14.2 Å². The van der Waals surface area contributed by atoms with Gasteiger partial charge in [-0.05, 0) is 158 Å². The summed E-state index contributed by atoms with van der Waals surface area (Å²) in [6, 6.07) is 74.0. The third kappa shape index (κ3) is 13.6. The van der Waals surface area contributed by atoms with E-state index in [0.717, 1.165) is 50.6 Å². The van der Waals surface area contributed by atoms with Crippen molar-refractivity contribution in [3.05, 3.63) is 250 Å². The minimum atomic E-state index is 0. The van der Waals surface area contributed by atoms with Gasteiger partial charge in [-0.15, -0.1) is 0 Å². The van der Waals surface area contributed by atoms with Gasteiger partial charge in [0.15, 0.2) is 0 Å². The number of anilines is 6. The number of rotatable bonds is 10. The Morgan fingerprint density at radius 3 is 0.940 bits per heavy atom. The molecular weight excluding hydrogens is 887 g/mol. The topological polar surface area (TPSA) is 24.9 Å². The quantitative estimate of drug-likeness (QED) is 0.136. The van der Waals surface area contributed by atoms with E-state index in [0.29, 0.717) is 10.0 Å². The monoisotopic (exact) mass is 940 g/mol. The lowest BCUT2D eigenvalue weighted by molar-refractivity contribution is 0.415. The summed E-state index contributed by atoms with van der Waals surface area (Å²) in [5.41, 5.74) is 14.8. The molecule has 9 rings (SSSR count). The highest BCUT2D eigenvalue weighted by Gasteiger charge is 2.15. The first-order valence-electron chi connectivity index (χ1n) is 21.5. The Labute approximate surface area is 412 Å². The lowest BCUT2D eigenvalue weighted by Gasteiger charge is -2.26. The van der Waals surface area contributed by atoms with Crippen molar-refractivity contribution in [2.45, 2.75) is 28.2 Å². The molecule has 0 atom stereocenters. The average Bonchev–Trinajstić information content (AvgIpc) is 3.34. The second-order valence-electron chi connectivity index (χ2n) is 15.7. The van der Waals surface area contributed by atoms with Crippen molar-refractivity contribution in [2.75, 3.05) is 24.0 Å². The van der Waals surface area contributed by atoms with Gasteiger partial charge in [-0.3, -0.25) is 0 Å². The number of ether oxygens (including phenoxy) is 2. The third-order valence-corrected chi connectivity index (χ3v) is 11.5. The Bertz CT molecular complexity index is 2800. The van der Waals surface area contributed by atoms with Crippen LogP contribution in [-0.2, 0) is 0 Å². The fraction of sp³-hybridized carbons (Fsp3) is 0.100. The summed E-state index contributed by atoms with van der Waals surface area (Å²) in [7, 11) is 3.37. The number of aryl methyl sites for hydroxylation is 3. The van der Waals surface area contributed by atoms with Crippen molar-refractivity contribution in [3.63, 3.8) is 0 Å². The van der Waals surface area contributed by atoms with Crippen molar-refractivity contribution in [1.82, 2.24) is 0 Å². The van der Waals surface area contributed by atoms with Crippen LogP contribution >= 0.6 is 34.8 Å². The molecule has 0 spiro atoms. The molecule has 67 heavy (non-hydrogen) atoms. The van der Waals surface area contributed by atoms with Crippen LogP contribution in [0, 0.1) is 20.8 Å². The molecular formula is C60H55Cl3N2O2. The first-order valence-corrected chi connectivity index (χ1v) is 22.7. The van der Waals surface area contributed by atoms with E-state index in [1.54, 1.807) is 14.2 Å². The smallest absolute Gasteiger partial charge is 0.120 e. The van der Waals surface area contributed by atoms with Gasteiger partial charge >= 0.3 is 0 Å². The molecule has 0 aliphatic rings. The molecule has 0 bridgehead atoms. The Kier molecular flexibility index (Phi) is 17.7. The lowest BCUT2D eigenvalue weighted by Crippen LogP contribution is -2.10. The Balaban J connectivity index is 0.000000198. The molecule has 0 amide bonds. The minimum absolute atomic E-state index is 0.